The minimum Gasteiger partial charge on any atom is -0.386 e. The molecule has 2 atom stereocenters. The molecule has 0 aliphatic carbocycles. The largest absolute Gasteiger partial charge is 0.386 e. The van der Waals surface area contributed by atoms with Crippen LogP contribution in [-0.4, -0.2) is 14.9 Å². The summed E-state index contributed by atoms with van der Waals surface area (Å²) >= 11 is 0. The van der Waals surface area contributed by atoms with E-state index in [1.165, 1.54) is 0 Å². The minimum absolute atomic E-state index is 0.430. The Hall–Kier alpha value is -1.65. The van der Waals surface area contributed by atoms with Crippen molar-refractivity contribution in [2.75, 3.05) is 0 Å². The molecule has 2 rings (SSSR count). The van der Waals surface area contributed by atoms with E-state index in [9.17, 15) is 5.11 Å². The number of benzene rings is 1. The molecule has 3 N–H and O–H groups in total. The molecule has 0 aliphatic heterocycles. The molecular weight excluding hydrogens is 226 g/mol. The van der Waals surface area contributed by atoms with Crippen LogP contribution in [0.15, 0.2) is 36.5 Å². The van der Waals surface area contributed by atoms with Crippen LogP contribution >= 0.6 is 0 Å². The van der Waals surface area contributed by atoms with E-state index in [4.69, 9.17) is 5.73 Å². The molecule has 4 nitrogen and oxygen atoms in total. The van der Waals surface area contributed by atoms with E-state index in [-0.39, 0.29) is 0 Å². The van der Waals surface area contributed by atoms with Gasteiger partial charge < -0.3 is 10.8 Å². The third-order valence-corrected chi connectivity index (χ3v) is 3.12. The van der Waals surface area contributed by atoms with Crippen LogP contribution in [-0.2, 0) is 13.5 Å². The van der Waals surface area contributed by atoms with Gasteiger partial charge in [-0.25, -0.2) is 0 Å². The van der Waals surface area contributed by atoms with Gasteiger partial charge in [-0.1, -0.05) is 37.3 Å². The summed E-state index contributed by atoms with van der Waals surface area (Å²) in [6.07, 6.45) is 1.90. The van der Waals surface area contributed by atoms with Gasteiger partial charge in [0.05, 0.1) is 11.7 Å². The molecule has 0 saturated heterocycles. The zero-order valence-corrected chi connectivity index (χ0v) is 10.7. The van der Waals surface area contributed by atoms with Crippen LogP contribution in [0.25, 0.3) is 0 Å². The average Bonchev–Trinajstić information content (AvgIpc) is 2.79. The van der Waals surface area contributed by atoms with Gasteiger partial charge in [0.1, 0.15) is 6.10 Å². The van der Waals surface area contributed by atoms with Gasteiger partial charge in [0.25, 0.3) is 0 Å². The number of aliphatic hydroxyl groups is 1. The molecule has 1 aromatic carbocycles. The Morgan fingerprint density at radius 1 is 1.33 bits per heavy atom. The second kappa shape index (κ2) is 5.33. The lowest BCUT2D eigenvalue weighted by Crippen LogP contribution is -2.20. The molecule has 0 amide bonds. The SMILES string of the molecule is CCc1nn(C)cc1C(O)C(N)c1ccccc1. The van der Waals surface area contributed by atoms with Crippen LogP contribution in [0.1, 0.15) is 35.9 Å². The lowest BCUT2D eigenvalue weighted by molar-refractivity contribution is 0.146. The standard InChI is InChI=1S/C14H19N3O/c1-3-12-11(9-17(2)16-12)14(18)13(15)10-7-5-4-6-8-10/h4-9,13-14,18H,3,15H2,1-2H3. The molecule has 18 heavy (non-hydrogen) atoms. The number of nitrogens with two attached hydrogens (primary N) is 1. The van der Waals surface area contributed by atoms with Crippen molar-refractivity contribution in [3.8, 4) is 0 Å². The summed E-state index contributed by atoms with van der Waals surface area (Å²) in [5.41, 5.74) is 8.76. The van der Waals surface area contributed by atoms with Gasteiger partial charge in [0.15, 0.2) is 0 Å². The maximum atomic E-state index is 10.4. The first-order valence-electron chi connectivity index (χ1n) is 6.14. The van der Waals surface area contributed by atoms with E-state index in [1.54, 1.807) is 4.68 Å². The fourth-order valence-corrected chi connectivity index (χ4v) is 2.13. The number of rotatable bonds is 4. The Bertz CT molecular complexity index is 507. The molecule has 96 valence electrons. The van der Waals surface area contributed by atoms with E-state index in [0.29, 0.717) is 0 Å². The Morgan fingerprint density at radius 3 is 2.61 bits per heavy atom. The second-order valence-corrected chi connectivity index (χ2v) is 4.44. The molecule has 2 unspecified atom stereocenters. The maximum Gasteiger partial charge on any atom is 0.102 e. The maximum absolute atomic E-state index is 10.4. The number of hydrogen-bond acceptors (Lipinski definition) is 3. The van der Waals surface area contributed by atoms with Crippen LogP contribution < -0.4 is 5.73 Å². The first kappa shape index (κ1) is 12.8. The zero-order chi connectivity index (χ0) is 13.1. The zero-order valence-electron chi connectivity index (χ0n) is 10.7. The van der Waals surface area contributed by atoms with E-state index in [1.807, 2.05) is 50.5 Å². The Kier molecular flexibility index (Phi) is 3.79. The Morgan fingerprint density at radius 2 is 2.00 bits per heavy atom. The number of aryl methyl sites for hydroxylation is 2. The molecule has 1 aromatic heterocycles. The quantitative estimate of drug-likeness (QED) is 0.862. The molecule has 0 spiro atoms. The highest BCUT2D eigenvalue weighted by atomic mass is 16.3. The van der Waals surface area contributed by atoms with E-state index >= 15 is 0 Å². The van der Waals surface area contributed by atoms with E-state index in [2.05, 4.69) is 5.10 Å². The van der Waals surface area contributed by atoms with Gasteiger partial charge in [0.2, 0.25) is 0 Å². The van der Waals surface area contributed by atoms with Crippen molar-refractivity contribution in [3.63, 3.8) is 0 Å². The van der Waals surface area contributed by atoms with Gasteiger partial charge >= 0.3 is 0 Å². The fraction of sp³-hybridized carbons (Fsp3) is 0.357. The van der Waals surface area contributed by atoms with Gasteiger partial charge in [0, 0.05) is 18.8 Å². The molecule has 4 heteroatoms. The number of aromatic nitrogens is 2. The average molecular weight is 245 g/mol. The Balaban J connectivity index is 2.28. The van der Waals surface area contributed by atoms with Crippen molar-refractivity contribution in [1.29, 1.82) is 0 Å². The second-order valence-electron chi connectivity index (χ2n) is 4.44. The molecule has 2 aromatic rings. The highest BCUT2D eigenvalue weighted by Gasteiger charge is 2.22. The number of nitrogens with zero attached hydrogens (tertiary/aromatic N) is 2. The molecule has 0 aliphatic rings. The lowest BCUT2D eigenvalue weighted by atomic mass is 9.96. The van der Waals surface area contributed by atoms with Crippen LogP contribution in [0.2, 0.25) is 0 Å². The smallest absolute Gasteiger partial charge is 0.102 e. The highest BCUT2D eigenvalue weighted by molar-refractivity contribution is 5.27. The number of hydrogen-bond donors (Lipinski definition) is 2. The van der Waals surface area contributed by atoms with Crippen molar-refractivity contribution in [2.45, 2.75) is 25.5 Å². The monoisotopic (exact) mass is 245 g/mol. The summed E-state index contributed by atoms with van der Waals surface area (Å²) in [6, 6.07) is 9.20. The molecule has 0 bridgehead atoms. The highest BCUT2D eigenvalue weighted by Crippen LogP contribution is 2.28. The third kappa shape index (κ3) is 2.44. The topological polar surface area (TPSA) is 64.1 Å². The molecular formula is C14H19N3O. The fourth-order valence-electron chi connectivity index (χ4n) is 2.13. The number of aliphatic hydroxyl groups excluding tert-OH is 1. The van der Waals surface area contributed by atoms with E-state index in [0.717, 1.165) is 23.2 Å². The predicted molar refractivity (Wildman–Crippen MR) is 70.9 cm³/mol. The van der Waals surface area contributed by atoms with Crippen LogP contribution in [0, 0.1) is 0 Å². The van der Waals surface area contributed by atoms with Crippen molar-refractivity contribution >= 4 is 0 Å². The van der Waals surface area contributed by atoms with Crippen LogP contribution in [0.4, 0.5) is 0 Å². The van der Waals surface area contributed by atoms with Gasteiger partial charge in [-0.2, -0.15) is 5.10 Å². The summed E-state index contributed by atoms with van der Waals surface area (Å²) in [4.78, 5) is 0. The first-order chi connectivity index (χ1) is 8.63. The first-order valence-corrected chi connectivity index (χ1v) is 6.14. The predicted octanol–water partition coefficient (Wildman–Crippen LogP) is 1.72. The lowest BCUT2D eigenvalue weighted by Gasteiger charge is -2.19. The molecule has 0 radical (unpaired) electrons. The summed E-state index contributed by atoms with van der Waals surface area (Å²) < 4.78 is 1.72. The molecule has 1 heterocycles. The van der Waals surface area contributed by atoms with Crippen LogP contribution in [0.3, 0.4) is 0 Å². The van der Waals surface area contributed by atoms with Crippen molar-refractivity contribution in [2.24, 2.45) is 12.8 Å². The third-order valence-electron chi connectivity index (χ3n) is 3.12. The van der Waals surface area contributed by atoms with Gasteiger partial charge in [-0.3, -0.25) is 4.68 Å². The summed E-state index contributed by atoms with van der Waals surface area (Å²) in [6.45, 7) is 2.02. The van der Waals surface area contributed by atoms with Crippen LogP contribution in [0.5, 0.6) is 0 Å². The van der Waals surface area contributed by atoms with E-state index < -0.39 is 12.1 Å². The van der Waals surface area contributed by atoms with Gasteiger partial charge in [-0.05, 0) is 12.0 Å². The van der Waals surface area contributed by atoms with Crippen molar-refractivity contribution in [3.05, 3.63) is 53.3 Å². The summed E-state index contributed by atoms with van der Waals surface area (Å²) in [5.74, 6) is 0. The van der Waals surface area contributed by atoms with Crippen molar-refractivity contribution in [1.82, 2.24) is 9.78 Å². The normalized spacial score (nSPS) is 14.4. The molecule has 0 saturated carbocycles. The summed E-state index contributed by atoms with van der Waals surface area (Å²) in [7, 11) is 1.85. The van der Waals surface area contributed by atoms with Gasteiger partial charge in [-0.15, -0.1) is 0 Å². The Labute approximate surface area is 107 Å². The minimum atomic E-state index is -0.726. The summed E-state index contributed by atoms with van der Waals surface area (Å²) in [5, 5.41) is 14.7. The van der Waals surface area contributed by atoms with Crippen molar-refractivity contribution < 1.29 is 5.11 Å². The molecule has 0 fully saturated rings.